The lowest BCUT2D eigenvalue weighted by atomic mass is 9.84. The van der Waals surface area contributed by atoms with Gasteiger partial charge in [-0.15, -0.1) is 0 Å². The zero-order valence-corrected chi connectivity index (χ0v) is 14.0. The molecule has 2 fully saturated rings. The quantitative estimate of drug-likeness (QED) is 0.877. The van der Waals surface area contributed by atoms with Crippen molar-refractivity contribution in [2.75, 3.05) is 19.6 Å². The molecule has 0 radical (unpaired) electrons. The Morgan fingerprint density at radius 2 is 2.04 bits per heavy atom. The fraction of sp³-hybridized carbons (Fsp3) is 0.765. The van der Waals surface area contributed by atoms with Crippen molar-refractivity contribution in [3.05, 3.63) is 18.0 Å². The average molecular weight is 320 g/mol. The van der Waals surface area contributed by atoms with Crippen molar-refractivity contribution in [3.8, 4) is 0 Å². The van der Waals surface area contributed by atoms with Gasteiger partial charge in [0.15, 0.2) is 0 Å². The first-order valence-electron chi connectivity index (χ1n) is 8.79. The largest absolute Gasteiger partial charge is 0.389 e. The monoisotopic (exact) mass is 320 g/mol. The zero-order valence-electron chi connectivity index (χ0n) is 14.0. The second-order valence-electron chi connectivity index (χ2n) is 7.15. The van der Waals surface area contributed by atoms with Crippen LogP contribution in [0.3, 0.4) is 0 Å². The number of hydrogen-bond donors (Lipinski definition) is 2. The van der Waals surface area contributed by atoms with Crippen LogP contribution >= 0.6 is 0 Å². The summed E-state index contributed by atoms with van der Waals surface area (Å²) in [6.45, 7) is 2.67. The number of aromatic nitrogens is 2. The number of nitrogens with one attached hydrogen (secondary N) is 1. The van der Waals surface area contributed by atoms with E-state index in [-0.39, 0.29) is 11.9 Å². The van der Waals surface area contributed by atoms with Crippen LogP contribution in [0.25, 0.3) is 0 Å². The first-order valence-corrected chi connectivity index (χ1v) is 8.79. The Morgan fingerprint density at radius 1 is 1.35 bits per heavy atom. The van der Waals surface area contributed by atoms with Gasteiger partial charge in [0.1, 0.15) is 5.69 Å². The summed E-state index contributed by atoms with van der Waals surface area (Å²) in [6.07, 6.45) is 8.95. The van der Waals surface area contributed by atoms with E-state index in [0.29, 0.717) is 5.69 Å². The van der Waals surface area contributed by atoms with Crippen LogP contribution in [0.1, 0.15) is 55.4 Å². The Bertz CT molecular complexity index is 528. The molecule has 1 aromatic heterocycles. The van der Waals surface area contributed by atoms with Crippen LogP contribution in [0.4, 0.5) is 0 Å². The van der Waals surface area contributed by atoms with E-state index in [9.17, 15) is 9.90 Å². The number of hydrogen-bond acceptors (Lipinski definition) is 4. The summed E-state index contributed by atoms with van der Waals surface area (Å²) < 4.78 is 1.60. The topological polar surface area (TPSA) is 70.4 Å². The molecule has 1 saturated heterocycles. The van der Waals surface area contributed by atoms with Crippen molar-refractivity contribution in [2.45, 2.75) is 56.6 Å². The SMILES string of the molecule is Cn1nccc1C(=O)NC1CCN(CC2(O)CCCCC2)CC1. The molecule has 2 N–H and O–H groups in total. The summed E-state index contributed by atoms with van der Waals surface area (Å²) in [5, 5.41) is 17.8. The normalized spacial score (nSPS) is 22.9. The summed E-state index contributed by atoms with van der Waals surface area (Å²) in [6, 6.07) is 1.96. The van der Waals surface area contributed by atoms with Crippen LogP contribution in [0.2, 0.25) is 0 Å². The van der Waals surface area contributed by atoms with E-state index in [1.165, 1.54) is 6.42 Å². The number of nitrogens with zero attached hydrogens (tertiary/aromatic N) is 3. The van der Waals surface area contributed by atoms with E-state index >= 15 is 0 Å². The van der Waals surface area contributed by atoms with Gasteiger partial charge < -0.3 is 15.3 Å². The highest BCUT2D eigenvalue weighted by Crippen LogP contribution is 2.29. The van der Waals surface area contributed by atoms with Crippen molar-refractivity contribution >= 4 is 5.91 Å². The first kappa shape index (κ1) is 16.5. The molecule has 6 nitrogen and oxygen atoms in total. The summed E-state index contributed by atoms with van der Waals surface area (Å²) >= 11 is 0. The molecule has 6 heteroatoms. The zero-order chi connectivity index (χ0) is 16.3. The molecule has 0 bridgehead atoms. The Kier molecular flexibility index (Phi) is 5.02. The minimum atomic E-state index is -0.483. The Balaban J connectivity index is 1.45. The standard InChI is InChI=1S/C17H28N4O2/c1-20-15(5-10-18-20)16(22)19-14-6-11-21(12-7-14)13-17(23)8-3-2-4-9-17/h5,10,14,23H,2-4,6-9,11-13H2,1H3,(H,19,22). The van der Waals surface area contributed by atoms with Crippen molar-refractivity contribution in [2.24, 2.45) is 7.05 Å². The predicted molar refractivity (Wildman–Crippen MR) is 88.2 cm³/mol. The van der Waals surface area contributed by atoms with E-state index in [4.69, 9.17) is 0 Å². The van der Waals surface area contributed by atoms with E-state index in [1.807, 2.05) is 0 Å². The predicted octanol–water partition coefficient (Wildman–Crippen LogP) is 1.31. The molecule has 1 aliphatic heterocycles. The maximum atomic E-state index is 12.2. The van der Waals surface area contributed by atoms with E-state index in [2.05, 4.69) is 15.3 Å². The van der Waals surface area contributed by atoms with Gasteiger partial charge >= 0.3 is 0 Å². The third-order valence-corrected chi connectivity index (χ3v) is 5.28. The molecule has 0 atom stereocenters. The number of β-amino-alcohol motifs (C(OH)–C–C–N with tert-alkyl or cyclic N) is 1. The van der Waals surface area contributed by atoms with Crippen LogP contribution < -0.4 is 5.32 Å². The number of rotatable bonds is 4. The Hall–Kier alpha value is -1.40. The molecule has 0 unspecified atom stereocenters. The molecule has 1 aliphatic carbocycles. The number of carbonyl (C=O) groups is 1. The van der Waals surface area contributed by atoms with E-state index in [1.54, 1.807) is 24.0 Å². The minimum Gasteiger partial charge on any atom is -0.389 e. The van der Waals surface area contributed by atoms with Crippen molar-refractivity contribution in [1.29, 1.82) is 0 Å². The van der Waals surface area contributed by atoms with Gasteiger partial charge in [0, 0.05) is 38.9 Å². The second kappa shape index (κ2) is 7.01. The number of aryl methyl sites for hydroxylation is 1. The molecule has 128 valence electrons. The fourth-order valence-corrected chi connectivity index (χ4v) is 3.88. The molecule has 1 aromatic rings. The summed E-state index contributed by atoms with van der Waals surface area (Å²) in [5.74, 6) is -0.0469. The highest BCUT2D eigenvalue weighted by molar-refractivity contribution is 5.92. The summed E-state index contributed by atoms with van der Waals surface area (Å²) in [5.41, 5.74) is 0.118. The summed E-state index contributed by atoms with van der Waals surface area (Å²) in [7, 11) is 1.78. The van der Waals surface area contributed by atoms with Crippen LogP contribution in [-0.4, -0.2) is 57.0 Å². The maximum absolute atomic E-state index is 12.2. The molecule has 2 heterocycles. The molecule has 1 amide bonds. The van der Waals surface area contributed by atoms with Crippen LogP contribution in [0.15, 0.2) is 12.3 Å². The lowest BCUT2D eigenvalue weighted by molar-refractivity contribution is -0.0312. The highest BCUT2D eigenvalue weighted by Gasteiger charge is 2.33. The van der Waals surface area contributed by atoms with Gasteiger partial charge in [0.2, 0.25) is 0 Å². The number of piperidine rings is 1. The van der Waals surface area contributed by atoms with Crippen molar-refractivity contribution in [3.63, 3.8) is 0 Å². The van der Waals surface area contributed by atoms with Gasteiger partial charge in [-0.1, -0.05) is 19.3 Å². The Morgan fingerprint density at radius 3 is 2.65 bits per heavy atom. The molecule has 0 spiro atoms. The van der Waals surface area contributed by atoms with Crippen LogP contribution in [-0.2, 0) is 7.05 Å². The smallest absolute Gasteiger partial charge is 0.269 e. The first-order chi connectivity index (χ1) is 11.1. The lowest BCUT2D eigenvalue weighted by Crippen LogP contribution is -2.50. The number of likely N-dealkylation sites (tertiary alicyclic amines) is 1. The molecule has 2 aliphatic rings. The van der Waals surface area contributed by atoms with Gasteiger partial charge in [0.25, 0.3) is 5.91 Å². The van der Waals surface area contributed by atoms with Crippen molar-refractivity contribution < 1.29 is 9.90 Å². The fourth-order valence-electron chi connectivity index (χ4n) is 3.88. The number of aliphatic hydroxyl groups is 1. The van der Waals surface area contributed by atoms with Gasteiger partial charge in [-0.05, 0) is 31.7 Å². The third kappa shape index (κ3) is 4.12. The van der Waals surface area contributed by atoms with E-state index in [0.717, 1.165) is 58.2 Å². The van der Waals surface area contributed by atoms with Crippen LogP contribution in [0.5, 0.6) is 0 Å². The molecular formula is C17H28N4O2. The second-order valence-corrected chi connectivity index (χ2v) is 7.15. The highest BCUT2D eigenvalue weighted by atomic mass is 16.3. The van der Waals surface area contributed by atoms with Gasteiger partial charge in [-0.2, -0.15) is 5.10 Å². The molecular weight excluding hydrogens is 292 g/mol. The molecule has 0 aromatic carbocycles. The Labute approximate surface area is 137 Å². The molecule has 3 rings (SSSR count). The minimum absolute atomic E-state index is 0.0469. The molecule has 1 saturated carbocycles. The average Bonchev–Trinajstić information content (AvgIpc) is 2.96. The van der Waals surface area contributed by atoms with Gasteiger partial charge in [-0.25, -0.2) is 0 Å². The lowest BCUT2D eigenvalue weighted by Gasteiger charge is -2.40. The summed E-state index contributed by atoms with van der Waals surface area (Å²) in [4.78, 5) is 14.6. The number of amides is 1. The number of carbonyl (C=O) groups excluding carboxylic acids is 1. The van der Waals surface area contributed by atoms with Gasteiger partial charge in [-0.3, -0.25) is 9.48 Å². The van der Waals surface area contributed by atoms with Crippen LogP contribution in [0, 0.1) is 0 Å². The molecule has 23 heavy (non-hydrogen) atoms. The maximum Gasteiger partial charge on any atom is 0.269 e. The van der Waals surface area contributed by atoms with Crippen molar-refractivity contribution in [1.82, 2.24) is 20.0 Å². The van der Waals surface area contributed by atoms with E-state index < -0.39 is 5.60 Å². The van der Waals surface area contributed by atoms with Gasteiger partial charge in [0.05, 0.1) is 5.60 Å². The third-order valence-electron chi connectivity index (χ3n) is 5.28.